The molecule has 0 unspecified atom stereocenters. The first-order chi connectivity index (χ1) is 13.5. The van der Waals surface area contributed by atoms with Crippen LogP contribution in [0.3, 0.4) is 0 Å². The lowest BCUT2D eigenvalue weighted by Gasteiger charge is -2.39. The van der Waals surface area contributed by atoms with Gasteiger partial charge >= 0.3 is 0 Å². The van der Waals surface area contributed by atoms with Gasteiger partial charge in [0.25, 0.3) is 5.91 Å². The Bertz CT molecular complexity index is 897. The smallest absolute Gasteiger partial charge is 0.261 e. The van der Waals surface area contributed by atoms with Crippen molar-refractivity contribution >= 4 is 29.1 Å². The maximum absolute atomic E-state index is 12.9. The van der Waals surface area contributed by atoms with Crippen LogP contribution in [-0.2, 0) is 22.4 Å². The zero-order chi connectivity index (χ0) is 19.7. The third-order valence-corrected chi connectivity index (χ3v) is 5.80. The Balaban J connectivity index is 1.40. The number of amides is 2. The predicted octanol–water partition coefficient (Wildman–Crippen LogP) is 3.47. The van der Waals surface area contributed by atoms with E-state index in [2.05, 4.69) is 12.1 Å². The van der Waals surface area contributed by atoms with Crippen LogP contribution in [0.5, 0.6) is 5.75 Å². The second-order valence-electron chi connectivity index (χ2n) is 7.30. The van der Waals surface area contributed by atoms with Crippen molar-refractivity contribution in [2.45, 2.75) is 32.2 Å². The summed E-state index contributed by atoms with van der Waals surface area (Å²) in [5.74, 6) is 0.335. The van der Waals surface area contributed by atoms with E-state index in [1.807, 2.05) is 6.07 Å². The molecule has 28 heavy (non-hydrogen) atoms. The monoisotopic (exact) mass is 398 g/mol. The number of aryl methyl sites for hydroxylation is 2. The lowest BCUT2D eigenvalue weighted by Crippen LogP contribution is -2.58. The van der Waals surface area contributed by atoms with Crippen molar-refractivity contribution < 1.29 is 14.3 Å². The van der Waals surface area contributed by atoms with E-state index in [0.29, 0.717) is 23.9 Å². The molecular weight excluding hydrogens is 376 g/mol. The molecule has 0 saturated carbocycles. The zero-order valence-electron chi connectivity index (χ0n) is 15.9. The summed E-state index contributed by atoms with van der Waals surface area (Å²) in [5, 5.41) is 0.612. The topological polar surface area (TPSA) is 49.9 Å². The molecule has 6 heteroatoms. The largest absolute Gasteiger partial charge is 0.484 e. The van der Waals surface area contributed by atoms with Crippen molar-refractivity contribution in [2.75, 3.05) is 24.6 Å². The highest BCUT2D eigenvalue weighted by Gasteiger charge is 2.35. The molecule has 1 atom stereocenters. The van der Waals surface area contributed by atoms with E-state index in [4.69, 9.17) is 16.3 Å². The van der Waals surface area contributed by atoms with E-state index in [-0.39, 0.29) is 18.4 Å². The van der Waals surface area contributed by atoms with Gasteiger partial charge in [0.05, 0.1) is 0 Å². The van der Waals surface area contributed by atoms with Crippen molar-refractivity contribution in [3.8, 4) is 5.75 Å². The highest BCUT2D eigenvalue weighted by molar-refractivity contribution is 6.30. The van der Waals surface area contributed by atoms with Gasteiger partial charge in [-0.1, -0.05) is 17.7 Å². The predicted molar refractivity (Wildman–Crippen MR) is 109 cm³/mol. The third-order valence-electron chi connectivity index (χ3n) is 5.55. The van der Waals surface area contributed by atoms with Crippen LogP contribution in [0.2, 0.25) is 5.02 Å². The first-order valence-corrected chi connectivity index (χ1v) is 10.0. The van der Waals surface area contributed by atoms with Gasteiger partial charge in [-0.05, 0) is 73.7 Å². The minimum absolute atomic E-state index is 0.0518. The summed E-state index contributed by atoms with van der Waals surface area (Å²) in [6.45, 7) is 2.67. The second kappa shape index (κ2) is 7.84. The minimum Gasteiger partial charge on any atom is -0.484 e. The molecule has 1 fully saturated rings. The zero-order valence-corrected chi connectivity index (χ0v) is 16.6. The standard InChI is InChI=1S/C22H23ClN2O3/c1-15-22(27)25(19-8-5-16-3-2-4-17(16)13-19)12-11-24(15)21(26)14-28-20-9-6-18(23)7-10-20/h5-10,13,15H,2-4,11-12,14H2,1H3/t15-/m0/s1. The fourth-order valence-electron chi connectivity index (χ4n) is 3.95. The molecule has 5 nitrogen and oxygen atoms in total. The van der Waals surface area contributed by atoms with Gasteiger partial charge in [0.15, 0.2) is 6.61 Å². The number of fused-ring (bicyclic) bond motifs is 1. The van der Waals surface area contributed by atoms with Crippen LogP contribution in [0.4, 0.5) is 5.69 Å². The highest BCUT2D eigenvalue weighted by atomic mass is 35.5. The second-order valence-corrected chi connectivity index (χ2v) is 7.74. The molecule has 0 spiro atoms. The third kappa shape index (κ3) is 3.72. The van der Waals surface area contributed by atoms with Gasteiger partial charge in [0.2, 0.25) is 5.91 Å². The SMILES string of the molecule is C[C@H]1C(=O)N(c2ccc3c(c2)CCC3)CCN1C(=O)COc1ccc(Cl)cc1. The number of nitrogens with zero attached hydrogens (tertiary/aromatic N) is 2. The van der Waals surface area contributed by atoms with Gasteiger partial charge in [-0.15, -0.1) is 0 Å². The van der Waals surface area contributed by atoms with Crippen molar-refractivity contribution in [3.05, 3.63) is 58.6 Å². The fourth-order valence-corrected chi connectivity index (χ4v) is 4.08. The van der Waals surface area contributed by atoms with Crippen LogP contribution in [0.1, 0.15) is 24.5 Å². The van der Waals surface area contributed by atoms with Gasteiger partial charge in [-0.2, -0.15) is 0 Å². The van der Waals surface area contributed by atoms with Crippen molar-refractivity contribution in [2.24, 2.45) is 0 Å². The first-order valence-electron chi connectivity index (χ1n) is 9.64. The van der Waals surface area contributed by atoms with Gasteiger partial charge in [0, 0.05) is 23.8 Å². The Kier molecular flexibility index (Phi) is 5.27. The molecule has 4 rings (SSSR count). The van der Waals surface area contributed by atoms with Crippen LogP contribution < -0.4 is 9.64 Å². The Morgan fingerprint density at radius 1 is 1.11 bits per heavy atom. The first kappa shape index (κ1) is 18.8. The van der Waals surface area contributed by atoms with Crippen LogP contribution >= 0.6 is 11.6 Å². The number of carbonyl (C=O) groups excluding carboxylic acids is 2. The molecule has 1 aliphatic heterocycles. The quantitative estimate of drug-likeness (QED) is 0.792. The van der Waals surface area contributed by atoms with E-state index in [1.165, 1.54) is 17.5 Å². The summed E-state index contributed by atoms with van der Waals surface area (Å²) in [6, 6.07) is 12.6. The molecule has 1 aliphatic carbocycles. The molecule has 0 aromatic heterocycles. The number of hydrogen-bond acceptors (Lipinski definition) is 3. The molecular formula is C22H23ClN2O3. The average Bonchev–Trinajstić information content (AvgIpc) is 3.17. The van der Waals surface area contributed by atoms with Crippen molar-refractivity contribution in [1.82, 2.24) is 4.90 Å². The van der Waals surface area contributed by atoms with E-state index < -0.39 is 6.04 Å². The molecule has 2 amide bonds. The van der Waals surface area contributed by atoms with E-state index in [1.54, 1.807) is 41.0 Å². The molecule has 2 aromatic carbocycles. The molecule has 0 N–H and O–H groups in total. The molecule has 1 saturated heterocycles. The van der Waals surface area contributed by atoms with Crippen LogP contribution in [0.15, 0.2) is 42.5 Å². The number of ether oxygens (including phenoxy) is 1. The summed E-state index contributed by atoms with van der Waals surface area (Å²) in [7, 11) is 0. The van der Waals surface area contributed by atoms with Crippen LogP contribution in [0.25, 0.3) is 0 Å². The number of piperazine rings is 1. The van der Waals surface area contributed by atoms with Gasteiger partial charge in [0.1, 0.15) is 11.8 Å². The Morgan fingerprint density at radius 2 is 1.86 bits per heavy atom. The number of rotatable bonds is 4. The number of anilines is 1. The summed E-state index contributed by atoms with van der Waals surface area (Å²) in [5.41, 5.74) is 3.66. The normalized spacial score (nSPS) is 18.9. The lowest BCUT2D eigenvalue weighted by atomic mass is 10.1. The summed E-state index contributed by atoms with van der Waals surface area (Å²) < 4.78 is 5.55. The highest BCUT2D eigenvalue weighted by Crippen LogP contribution is 2.28. The van der Waals surface area contributed by atoms with E-state index in [0.717, 1.165) is 18.5 Å². The van der Waals surface area contributed by atoms with Gasteiger partial charge in [-0.3, -0.25) is 9.59 Å². The molecule has 0 bridgehead atoms. The Morgan fingerprint density at radius 3 is 2.64 bits per heavy atom. The Hall–Kier alpha value is -2.53. The molecule has 146 valence electrons. The summed E-state index contributed by atoms with van der Waals surface area (Å²) in [4.78, 5) is 28.9. The minimum atomic E-state index is -0.511. The fraction of sp³-hybridized carbons (Fsp3) is 0.364. The number of benzene rings is 2. The maximum atomic E-state index is 12.9. The van der Waals surface area contributed by atoms with E-state index in [9.17, 15) is 9.59 Å². The molecule has 2 aromatic rings. The van der Waals surface area contributed by atoms with Gasteiger partial charge < -0.3 is 14.5 Å². The number of carbonyl (C=O) groups is 2. The number of hydrogen-bond donors (Lipinski definition) is 0. The Labute approximate surface area is 169 Å². The summed E-state index contributed by atoms with van der Waals surface area (Å²) in [6.07, 6.45) is 3.38. The number of halogens is 1. The van der Waals surface area contributed by atoms with Crippen molar-refractivity contribution in [3.63, 3.8) is 0 Å². The van der Waals surface area contributed by atoms with Gasteiger partial charge in [-0.25, -0.2) is 0 Å². The molecule has 1 heterocycles. The molecule has 2 aliphatic rings. The van der Waals surface area contributed by atoms with Crippen LogP contribution in [0, 0.1) is 0 Å². The van der Waals surface area contributed by atoms with Crippen LogP contribution in [-0.4, -0.2) is 42.5 Å². The van der Waals surface area contributed by atoms with E-state index >= 15 is 0 Å². The lowest BCUT2D eigenvalue weighted by molar-refractivity contribution is -0.142. The molecule has 0 radical (unpaired) electrons. The average molecular weight is 399 g/mol. The van der Waals surface area contributed by atoms with Crippen molar-refractivity contribution in [1.29, 1.82) is 0 Å². The maximum Gasteiger partial charge on any atom is 0.261 e. The summed E-state index contributed by atoms with van der Waals surface area (Å²) >= 11 is 5.85.